The molecular formula is C18H18N4O6S. The van der Waals surface area contributed by atoms with Gasteiger partial charge in [-0.15, -0.1) is 11.3 Å². The molecule has 1 aliphatic rings. The van der Waals surface area contributed by atoms with Crippen molar-refractivity contribution in [1.82, 2.24) is 19.9 Å². The van der Waals surface area contributed by atoms with Crippen molar-refractivity contribution in [3.05, 3.63) is 61.7 Å². The van der Waals surface area contributed by atoms with Gasteiger partial charge in [0.05, 0.1) is 35.6 Å². The highest BCUT2D eigenvalue weighted by molar-refractivity contribution is 7.07. The van der Waals surface area contributed by atoms with Gasteiger partial charge in [0, 0.05) is 5.38 Å². The van der Waals surface area contributed by atoms with E-state index in [2.05, 4.69) is 15.3 Å². The normalized spacial score (nSPS) is 24.5. The number of aliphatic hydroxyl groups excluding tert-OH is 2. The van der Waals surface area contributed by atoms with E-state index in [1.54, 1.807) is 29.6 Å². The van der Waals surface area contributed by atoms with Crippen molar-refractivity contribution in [1.29, 1.82) is 0 Å². The molecule has 0 unspecified atom stereocenters. The van der Waals surface area contributed by atoms with Crippen LogP contribution >= 0.6 is 11.3 Å². The summed E-state index contributed by atoms with van der Waals surface area (Å²) in [5, 5.41) is 25.4. The Morgan fingerprint density at radius 2 is 2.10 bits per heavy atom. The van der Waals surface area contributed by atoms with Crippen LogP contribution in [0.5, 0.6) is 0 Å². The third-order valence-corrected chi connectivity index (χ3v) is 5.47. The maximum Gasteiger partial charge on any atom is 0.328 e. The van der Waals surface area contributed by atoms with E-state index in [0.29, 0.717) is 10.9 Å². The Kier molecular flexibility index (Phi) is 5.28. The second kappa shape index (κ2) is 7.87. The van der Waals surface area contributed by atoms with E-state index in [9.17, 15) is 24.6 Å². The molecule has 0 spiro atoms. The summed E-state index contributed by atoms with van der Waals surface area (Å²) in [4.78, 5) is 42.5. The number of rotatable bonds is 4. The van der Waals surface area contributed by atoms with E-state index in [-0.39, 0.29) is 18.8 Å². The quantitative estimate of drug-likeness (QED) is 0.428. The molecular weight excluding hydrogens is 400 g/mol. The molecule has 152 valence electrons. The molecule has 1 amide bonds. The molecule has 1 aliphatic heterocycles. The SMILES string of the molecule is O=C(N[C@@H]1CO[C@H](Cn2c(=O)[nH]c(=O)c3ccccc32)[C@@H](O)[C@H]1O)c1cscn1. The fourth-order valence-corrected chi connectivity index (χ4v) is 3.87. The molecule has 29 heavy (non-hydrogen) atoms. The number of aromatic amines is 1. The van der Waals surface area contributed by atoms with E-state index in [4.69, 9.17) is 4.74 Å². The molecule has 0 radical (unpaired) electrons. The summed E-state index contributed by atoms with van der Waals surface area (Å²) in [5.41, 5.74) is 0.977. The number of carbonyl (C=O) groups is 1. The average molecular weight is 418 g/mol. The van der Waals surface area contributed by atoms with Crippen LogP contribution in [0.4, 0.5) is 0 Å². The summed E-state index contributed by atoms with van der Waals surface area (Å²) in [6, 6.07) is 5.74. The van der Waals surface area contributed by atoms with Crippen molar-refractivity contribution in [2.24, 2.45) is 0 Å². The summed E-state index contributed by atoms with van der Waals surface area (Å²) in [6.07, 6.45) is -3.58. The minimum atomic E-state index is -1.36. The maximum absolute atomic E-state index is 12.3. The number of nitrogens with one attached hydrogen (secondary N) is 2. The minimum Gasteiger partial charge on any atom is -0.388 e. The van der Waals surface area contributed by atoms with Gasteiger partial charge in [-0.2, -0.15) is 0 Å². The van der Waals surface area contributed by atoms with Crippen LogP contribution in [-0.2, 0) is 11.3 Å². The van der Waals surface area contributed by atoms with Crippen LogP contribution in [0.25, 0.3) is 10.9 Å². The molecule has 0 aliphatic carbocycles. The van der Waals surface area contributed by atoms with Gasteiger partial charge in [-0.1, -0.05) is 12.1 Å². The largest absolute Gasteiger partial charge is 0.388 e. The molecule has 1 aromatic carbocycles. The molecule has 0 saturated carbocycles. The summed E-state index contributed by atoms with van der Waals surface area (Å²) >= 11 is 1.26. The number of hydrogen-bond acceptors (Lipinski definition) is 8. The highest BCUT2D eigenvalue weighted by Gasteiger charge is 2.39. The topological polar surface area (TPSA) is 147 Å². The number of H-pyrrole nitrogens is 1. The molecule has 1 fully saturated rings. The number of nitrogens with zero attached hydrogens (tertiary/aromatic N) is 2. The highest BCUT2D eigenvalue weighted by atomic mass is 32.1. The van der Waals surface area contributed by atoms with Crippen molar-refractivity contribution >= 4 is 28.1 Å². The first kappa shape index (κ1) is 19.5. The molecule has 0 bridgehead atoms. The number of benzene rings is 1. The lowest BCUT2D eigenvalue weighted by Crippen LogP contribution is -2.60. The second-order valence-corrected chi connectivity index (χ2v) is 7.41. The third kappa shape index (κ3) is 3.72. The number of carbonyl (C=O) groups excluding carboxylic acids is 1. The number of thiazole rings is 1. The van der Waals surface area contributed by atoms with Crippen LogP contribution in [-0.4, -0.2) is 61.6 Å². The smallest absolute Gasteiger partial charge is 0.328 e. The van der Waals surface area contributed by atoms with E-state index in [1.165, 1.54) is 21.4 Å². The van der Waals surface area contributed by atoms with Crippen molar-refractivity contribution < 1.29 is 19.7 Å². The number of para-hydroxylation sites is 1. The standard InChI is InChI=1S/C18H18N4O6S/c23-14-10(20-17(26)11-7-29-8-19-11)6-28-13(15(14)24)5-22-12-4-2-1-3-9(12)16(25)21-18(22)27/h1-4,7-8,10,13-15,23-24H,5-6H2,(H,20,26)(H,21,25,27)/t10-,13-,14+,15-/m1/s1. The molecule has 2 aromatic heterocycles. The van der Waals surface area contributed by atoms with Crippen molar-refractivity contribution in [3.63, 3.8) is 0 Å². The maximum atomic E-state index is 12.3. The van der Waals surface area contributed by atoms with Gasteiger partial charge in [-0.05, 0) is 12.1 Å². The first-order chi connectivity index (χ1) is 14.0. The lowest BCUT2D eigenvalue weighted by molar-refractivity contribution is -0.152. The molecule has 11 heteroatoms. The minimum absolute atomic E-state index is 0.0607. The van der Waals surface area contributed by atoms with E-state index >= 15 is 0 Å². The molecule has 10 nitrogen and oxygen atoms in total. The predicted molar refractivity (Wildman–Crippen MR) is 104 cm³/mol. The number of aliphatic hydroxyl groups is 2. The van der Waals surface area contributed by atoms with Crippen LogP contribution in [0, 0.1) is 0 Å². The lowest BCUT2D eigenvalue weighted by atomic mass is 9.97. The zero-order valence-electron chi connectivity index (χ0n) is 15.0. The second-order valence-electron chi connectivity index (χ2n) is 6.69. The summed E-state index contributed by atoms with van der Waals surface area (Å²) in [7, 11) is 0. The molecule has 1 saturated heterocycles. The summed E-state index contributed by atoms with van der Waals surface area (Å²) in [5.74, 6) is -0.479. The Bertz CT molecular complexity index is 1140. The Balaban J connectivity index is 1.52. The summed E-state index contributed by atoms with van der Waals surface area (Å²) in [6.45, 7) is -0.143. The fraction of sp³-hybridized carbons (Fsp3) is 0.333. The van der Waals surface area contributed by atoms with Gasteiger partial charge >= 0.3 is 5.69 Å². The molecule has 4 atom stereocenters. The van der Waals surface area contributed by atoms with Crippen LogP contribution in [0.15, 0.2) is 44.7 Å². The van der Waals surface area contributed by atoms with E-state index < -0.39 is 41.5 Å². The number of aromatic nitrogens is 3. The Morgan fingerprint density at radius 3 is 2.86 bits per heavy atom. The fourth-order valence-electron chi connectivity index (χ4n) is 3.34. The zero-order chi connectivity index (χ0) is 20.5. The van der Waals surface area contributed by atoms with Crippen molar-refractivity contribution in [2.45, 2.75) is 30.9 Å². The average Bonchev–Trinajstić information content (AvgIpc) is 3.25. The van der Waals surface area contributed by atoms with Gasteiger partial charge in [0.2, 0.25) is 0 Å². The monoisotopic (exact) mass is 418 g/mol. The van der Waals surface area contributed by atoms with Gasteiger partial charge < -0.3 is 20.3 Å². The predicted octanol–water partition coefficient (Wildman–Crippen LogP) is -0.934. The molecule has 4 N–H and O–H groups in total. The number of fused-ring (bicyclic) bond motifs is 1. The highest BCUT2D eigenvalue weighted by Crippen LogP contribution is 2.19. The van der Waals surface area contributed by atoms with Gasteiger partial charge in [-0.25, -0.2) is 9.78 Å². The Morgan fingerprint density at radius 1 is 1.31 bits per heavy atom. The number of amides is 1. The first-order valence-corrected chi connectivity index (χ1v) is 9.78. The molecule has 3 aromatic rings. The number of hydrogen-bond donors (Lipinski definition) is 4. The molecule has 4 rings (SSSR count). The Hall–Kier alpha value is -2.86. The number of ether oxygens (including phenoxy) is 1. The van der Waals surface area contributed by atoms with Gasteiger partial charge in [0.25, 0.3) is 11.5 Å². The lowest BCUT2D eigenvalue weighted by Gasteiger charge is -2.38. The van der Waals surface area contributed by atoms with Crippen LogP contribution < -0.4 is 16.6 Å². The first-order valence-electron chi connectivity index (χ1n) is 8.84. The third-order valence-electron chi connectivity index (χ3n) is 4.88. The summed E-state index contributed by atoms with van der Waals surface area (Å²) < 4.78 is 6.92. The van der Waals surface area contributed by atoms with E-state index in [1.807, 2.05) is 0 Å². The van der Waals surface area contributed by atoms with Crippen LogP contribution in [0.2, 0.25) is 0 Å². The Labute approximate surface area is 167 Å². The van der Waals surface area contributed by atoms with Crippen LogP contribution in [0.1, 0.15) is 10.5 Å². The van der Waals surface area contributed by atoms with E-state index in [0.717, 1.165) is 0 Å². The van der Waals surface area contributed by atoms with Gasteiger partial charge in [-0.3, -0.25) is 19.1 Å². The van der Waals surface area contributed by atoms with Crippen LogP contribution in [0.3, 0.4) is 0 Å². The van der Waals surface area contributed by atoms with Crippen molar-refractivity contribution in [3.8, 4) is 0 Å². The zero-order valence-corrected chi connectivity index (χ0v) is 15.8. The van der Waals surface area contributed by atoms with Crippen molar-refractivity contribution in [2.75, 3.05) is 6.61 Å². The molecule has 3 heterocycles. The van der Waals surface area contributed by atoms with Gasteiger partial charge in [0.15, 0.2) is 0 Å². The van der Waals surface area contributed by atoms with Gasteiger partial charge in [0.1, 0.15) is 24.0 Å².